The molecule has 0 atom stereocenters. The zero-order valence-corrected chi connectivity index (χ0v) is 17.7. The molecule has 0 aliphatic carbocycles. The summed E-state index contributed by atoms with van der Waals surface area (Å²) in [5.41, 5.74) is 1.57. The Morgan fingerprint density at radius 1 is 0.618 bits per heavy atom. The highest BCUT2D eigenvalue weighted by Gasteiger charge is 2.45. The zero-order chi connectivity index (χ0) is 23.6. The van der Waals surface area contributed by atoms with E-state index in [-0.39, 0.29) is 28.9 Å². The van der Waals surface area contributed by atoms with Crippen LogP contribution in [0.25, 0.3) is 21.5 Å². The predicted molar refractivity (Wildman–Crippen MR) is 124 cm³/mol. The van der Waals surface area contributed by atoms with Crippen molar-refractivity contribution < 1.29 is 24.3 Å². The van der Waals surface area contributed by atoms with Crippen molar-refractivity contribution in [2.24, 2.45) is 0 Å². The normalized spacial score (nSPS) is 15.0. The van der Waals surface area contributed by atoms with Gasteiger partial charge in [-0.25, -0.2) is 0 Å². The smallest absolute Gasteiger partial charge is 0.281 e. The van der Waals surface area contributed by atoms with Gasteiger partial charge in [0.2, 0.25) is 0 Å². The van der Waals surface area contributed by atoms with Gasteiger partial charge < -0.3 is 10.4 Å². The van der Waals surface area contributed by atoms with E-state index >= 15 is 0 Å². The van der Waals surface area contributed by atoms with Crippen molar-refractivity contribution in [3.63, 3.8) is 0 Å². The molecule has 2 N–H and O–H groups in total. The largest absolute Gasteiger partial charge is 0.395 e. The molecule has 8 heteroatoms. The molecule has 166 valence electrons. The number of hydrazine groups is 1. The number of amides is 4. The summed E-state index contributed by atoms with van der Waals surface area (Å²) in [5.74, 6) is -2.97. The number of imide groups is 2. The fraction of sp³-hybridized carbons (Fsp3) is 0.0769. The van der Waals surface area contributed by atoms with Crippen LogP contribution in [-0.2, 0) is 0 Å². The number of rotatable bonds is 4. The van der Waals surface area contributed by atoms with Crippen molar-refractivity contribution in [2.45, 2.75) is 0 Å². The monoisotopic (exact) mass is 451 g/mol. The van der Waals surface area contributed by atoms with E-state index in [2.05, 4.69) is 5.32 Å². The van der Waals surface area contributed by atoms with E-state index in [1.54, 1.807) is 66.7 Å². The third-order valence-electron chi connectivity index (χ3n) is 6.26. The van der Waals surface area contributed by atoms with E-state index in [4.69, 9.17) is 5.11 Å². The minimum absolute atomic E-state index is 0.0814. The molecule has 2 aliphatic heterocycles. The maximum atomic E-state index is 13.6. The van der Waals surface area contributed by atoms with Gasteiger partial charge in [-0.3, -0.25) is 19.2 Å². The van der Waals surface area contributed by atoms with Crippen LogP contribution in [0.2, 0.25) is 0 Å². The standard InChI is InChI=1S/C26H17N3O5/c30-13-12-27-20-11-10-19-22-15(20)6-3-9-18(22)25(33)29(26(19)34)28-23(31)16-7-1-4-14-5-2-8-17(21(14)16)24(28)32/h1-11,27,30H,12-13H2. The fourth-order valence-electron chi connectivity index (χ4n) is 4.81. The van der Waals surface area contributed by atoms with E-state index < -0.39 is 23.6 Å². The molecular formula is C26H17N3O5. The van der Waals surface area contributed by atoms with Crippen molar-refractivity contribution in [1.29, 1.82) is 0 Å². The molecule has 0 fully saturated rings. The minimum Gasteiger partial charge on any atom is -0.395 e. The summed E-state index contributed by atoms with van der Waals surface area (Å²) < 4.78 is 0. The van der Waals surface area contributed by atoms with Crippen LogP contribution in [0.15, 0.2) is 66.7 Å². The average Bonchev–Trinajstić information content (AvgIpc) is 2.86. The summed E-state index contributed by atoms with van der Waals surface area (Å²) in [4.78, 5) is 54.1. The van der Waals surface area contributed by atoms with Crippen molar-refractivity contribution in [1.82, 2.24) is 10.0 Å². The van der Waals surface area contributed by atoms with Gasteiger partial charge in [-0.2, -0.15) is 10.0 Å². The van der Waals surface area contributed by atoms with Crippen molar-refractivity contribution in [3.05, 3.63) is 89.0 Å². The molecule has 6 rings (SSSR count). The molecular weight excluding hydrogens is 434 g/mol. The second kappa shape index (κ2) is 7.23. The number of aliphatic hydroxyl groups excluding tert-OH is 1. The predicted octanol–water partition coefficient (Wildman–Crippen LogP) is 3.20. The van der Waals surface area contributed by atoms with Crippen LogP contribution in [-0.4, -0.2) is 51.9 Å². The summed E-state index contributed by atoms with van der Waals surface area (Å²) in [6.45, 7) is 0.219. The van der Waals surface area contributed by atoms with Crippen LogP contribution in [0.5, 0.6) is 0 Å². The summed E-state index contributed by atoms with van der Waals surface area (Å²) in [6.07, 6.45) is 0. The molecule has 0 unspecified atom stereocenters. The number of nitrogens with zero attached hydrogens (tertiary/aromatic N) is 2. The lowest BCUT2D eigenvalue weighted by Gasteiger charge is -2.36. The lowest BCUT2D eigenvalue weighted by atomic mass is 9.92. The molecule has 34 heavy (non-hydrogen) atoms. The van der Waals surface area contributed by atoms with Gasteiger partial charge in [0, 0.05) is 28.4 Å². The molecule has 0 saturated heterocycles. The Morgan fingerprint density at radius 2 is 1.12 bits per heavy atom. The first-order chi connectivity index (χ1) is 16.5. The van der Waals surface area contributed by atoms with Gasteiger partial charge in [-0.05, 0) is 35.7 Å². The van der Waals surface area contributed by atoms with Crippen molar-refractivity contribution in [2.75, 3.05) is 18.5 Å². The third kappa shape index (κ3) is 2.57. The van der Waals surface area contributed by atoms with E-state index in [9.17, 15) is 19.2 Å². The minimum atomic E-state index is -0.754. The quantitative estimate of drug-likeness (QED) is 0.462. The first kappa shape index (κ1) is 20.1. The molecule has 4 amide bonds. The first-order valence-corrected chi connectivity index (χ1v) is 10.7. The second-order valence-corrected chi connectivity index (χ2v) is 8.09. The molecule has 0 aromatic heterocycles. The molecule has 0 saturated carbocycles. The van der Waals surface area contributed by atoms with Gasteiger partial charge in [0.15, 0.2) is 0 Å². The third-order valence-corrected chi connectivity index (χ3v) is 6.26. The number of nitrogens with one attached hydrogen (secondary N) is 1. The molecule has 2 aliphatic rings. The van der Waals surface area contributed by atoms with Gasteiger partial charge >= 0.3 is 0 Å². The number of hydrogen-bond donors (Lipinski definition) is 2. The molecule has 0 spiro atoms. The van der Waals surface area contributed by atoms with Gasteiger partial charge in [0.25, 0.3) is 23.6 Å². The Hall–Kier alpha value is -4.56. The van der Waals surface area contributed by atoms with Crippen molar-refractivity contribution in [3.8, 4) is 0 Å². The maximum absolute atomic E-state index is 13.6. The van der Waals surface area contributed by atoms with Crippen LogP contribution in [0.3, 0.4) is 0 Å². The highest BCUT2D eigenvalue weighted by molar-refractivity contribution is 6.31. The number of anilines is 1. The highest BCUT2D eigenvalue weighted by atomic mass is 16.3. The number of aliphatic hydroxyl groups is 1. The summed E-state index contributed by atoms with van der Waals surface area (Å²) in [7, 11) is 0. The number of carbonyl (C=O) groups is 4. The summed E-state index contributed by atoms with van der Waals surface area (Å²) in [6, 6.07) is 18.4. The van der Waals surface area contributed by atoms with Gasteiger partial charge in [-0.1, -0.05) is 36.4 Å². The van der Waals surface area contributed by atoms with Gasteiger partial charge in [0.05, 0.1) is 28.9 Å². The van der Waals surface area contributed by atoms with Crippen molar-refractivity contribution >= 4 is 50.9 Å². The summed E-state index contributed by atoms with van der Waals surface area (Å²) >= 11 is 0. The van der Waals surface area contributed by atoms with Crippen LogP contribution < -0.4 is 5.32 Å². The second-order valence-electron chi connectivity index (χ2n) is 8.09. The average molecular weight is 451 g/mol. The van der Waals surface area contributed by atoms with Crippen LogP contribution in [0, 0.1) is 0 Å². The fourth-order valence-corrected chi connectivity index (χ4v) is 4.81. The van der Waals surface area contributed by atoms with E-state index in [1.165, 1.54) is 0 Å². The molecule has 4 aromatic rings. The maximum Gasteiger partial charge on any atom is 0.281 e. The Labute approximate surface area is 193 Å². The Balaban J connectivity index is 1.52. The summed E-state index contributed by atoms with van der Waals surface area (Å²) in [5, 5.41) is 15.8. The zero-order valence-electron chi connectivity index (χ0n) is 17.7. The van der Waals surface area contributed by atoms with Crippen LogP contribution >= 0.6 is 0 Å². The van der Waals surface area contributed by atoms with E-state index in [0.717, 1.165) is 5.39 Å². The SMILES string of the molecule is O=C1c2cccc3cccc(c23)C(=O)N1N1C(=O)c2cccc3c(NCCO)ccc(c23)C1=O. The molecule has 0 bridgehead atoms. The molecule has 0 radical (unpaired) electrons. The molecule has 8 nitrogen and oxygen atoms in total. The lowest BCUT2D eigenvalue weighted by Crippen LogP contribution is -2.58. The Bertz CT molecular complexity index is 1520. The molecule has 2 heterocycles. The molecule has 4 aromatic carbocycles. The van der Waals surface area contributed by atoms with Gasteiger partial charge in [-0.15, -0.1) is 0 Å². The Kier molecular flexibility index (Phi) is 4.27. The lowest BCUT2D eigenvalue weighted by molar-refractivity contribution is 0.00212. The number of benzene rings is 4. The number of carbonyl (C=O) groups excluding carboxylic acids is 4. The Morgan fingerprint density at radius 3 is 1.68 bits per heavy atom. The van der Waals surface area contributed by atoms with Crippen LogP contribution in [0.1, 0.15) is 41.4 Å². The van der Waals surface area contributed by atoms with Crippen LogP contribution in [0.4, 0.5) is 5.69 Å². The van der Waals surface area contributed by atoms with E-state index in [0.29, 0.717) is 38.4 Å². The van der Waals surface area contributed by atoms with E-state index in [1.807, 2.05) is 0 Å². The van der Waals surface area contributed by atoms with Gasteiger partial charge in [0.1, 0.15) is 0 Å². The topological polar surface area (TPSA) is 107 Å². The first-order valence-electron chi connectivity index (χ1n) is 10.7. The highest BCUT2D eigenvalue weighted by Crippen LogP contribution is 2.37. The number of hydrogen-bond acceptors (Lipinski definition) is 6.